The quantitative estimate of drug-likeness (QED) is 0.518. The van der Waals surface area contributed by atoms with Crippen molar-refractivity contribution < 1.29 is 0 Å². The zero-order valence-corrected chi connectivity index (χ0v) is 6.93. The Morgan fingerprint density at radius 2 is 2.40 bits per heavy atom. The smallest absolute Gasteiger partial charge is 0.0256 e. The molecule has 0 fully saturated rings. The summed E-state index contributed by atoms with van der Waals surface area (Å²) in [5.41, 5.74) is 1.53. The molecule has 0 aromatic heterocycles. The largest absolute Gasteiger partial charge is 0.0874 e. The van der Waals surface area contributed by atoms with Crippen molar-refractivity contribution in [2.24, 2.45) is 5.92 Å². The topological polar surface area (TPSA) is 0 Å². The van der Waals surface area contributed by atoms with E-state index in [9.17, 15) is 0 Å². The van der Waals surface area contributed by atoms with Crippen molar-refractivity contribution in [3.63, 3.8) is 0 Å². The first kappa shape index (κ1) is 7.59. The molecule has 0 aromatic carbocycles. The van der Waals surface area contributed by atoms with E-state index < -0.39 is 0 Å². The lowest BCUT2D eigenvalue weighted by Gasteiger charge is -2.14. The normalized spacial score (nSPS) is 27.0. The molecule has 0 heteroatoms. The van der Waals surface area contributed by atoms with Crippen molar-refractivity contribution in [1.29, 1.82) is 0 Å². The van der Waals surface area contributed by atoms with Gasteiger partial charge < -0.3 is 0 Å². The Labute approximate surface area is 63.6 Å². The van der Waals surface area contributed by atoms with Crippen LogP contribution in [0.25, 0.3) is 0 Å². The summed E-state index contributed by atoms with van der Waals surface area (Å²) < 4.78 is 0. The maximum absolute atomic E-state index is 2.39. The molecular weight excluding hydrogens is 120 g/mol. The second kappa shape index (κ2) is 3.60. The second-order valence-corrected chi connectivity index (χ2v) is 3.11. The number of hydrogen-bond donors (Lipinski definition) is 0. The van der Waals surface area contributed by atoms with E-state index in [1.807, 2.05) is 0 Å². The van der Waals surface area contributed by atoms with Gasteiger partial charge >= 0.3 is 0 Å². The summed E-state index contributed by atoms with van der Waals surface area (Å²) in [7, 11) is 0. The zero-order valence-electron chi connectivity index (χ0n) is 6.93. The van der Waals surface area contributed by atoms with Gasteiger partial charge in [0.1, 0.15) is 0 Å². The van der Waals surface area contributed by atoms with Crippen LogP contribution in [0.4, 0.5) is 0 Å². The average molecular weight is 136 g/mol. The van der Waals surface area contributed by atoms with E-state index in [-0.39, 0.29) is 0 Å². The molecule has 56 valence electrons. The molecule has 1 atom stereocenters. The fourth-order valence-corrected chi connectivity index (χ4v) is 1.51. The Bertz CT molecular complexity index is 151. The standard InChI is InChI=1S/C10H16/c1-3-5-10-7-4-6-9(2)8-10/h3,5,8-9H,4,6-7H2,1-2H3. The molecule has 0 radical (unpaired) electrons. The van der Waals surface area contributed by atoms with Gasteiger partial charge in [-0.1, -0.05) is 30.7 Å². The van der Waals surface area contributed by atoms with Crippen LogP contribution in [0.2, 0.25) is 0 Å². The Morgan fingerprint density at radius 1 is 1.60 bits per heavy atom. The monoisotopic (exact) mass is 136 g/mol. The maximum Gasteiger partial charge on any atom is -0.0256 e. The average Bonchev–Trinajstić information content (AvgIpc) is 1.88. The molecule has 1 aliphatic carbocycles. The van der Waals surface area contributed by atoms with Crippen molar-refractivity contribution >= 4 is 0 Å². The molecule has 0 aromatic rings. The molecule has 0 bridgehead atoms. The van der Waals surface area contributed by atoms with Crippen LogP contribution >= 0.6 is 0 Å². The van der Waals surface area contributed by atoms with E-state index in [1.54, 1.807) is 0 Å². The minimum atomic E-state index is 0.806. The molecule has 1 unspecified atom stereocenters. The van der Waals surface area contributed by atoms with E-state index in [1.165, 1.54) is 24.8 Å². The third-order valence-corrected chi connectivity index (χ3v) is 2.00. The van der Waals surface area contributed by atoms with Crippen LogP contribution in [0.5, 0.6) is 0 Å². The maximum atomic E-state index is 2.39. The van der Waals surface area contributed by atoms with Crippen LogP contribution in [-0.2, 0) is 0 Å². The van der Waals surface area contributed by atoms with Gasteiger partial charge in [-0.2, -0.15) is 0 Å². The highest BCUT2D eigenvalue weighted by molar-refractivity contribution is 5.20. The van der Waals surface area contributed by atoms with Gasteiger partial charge in [-0.3, -0.25) is 0 Å². The molecule has 0 saturated heterocycles. The van der Waals surface area contributed by atoms with Crippen LogP contribution in [0.1, 0.15) is 33.1 Å². The summed E-state index contributed by atoms with van der Waals surface area (Å²) >= 11 is 0. The highest BCUT2D eigenvalue weighted by Crippen LogP contribution is 2.22. The van der Waals surface area contributed by atoms with E-state index >= 15 is 0 Å². The first-order chi connectivity index (χ1) is 4.83. The van der Waals surface area contributed by atoms with Crippen LogP contribution in [0.15, 0.2) is 23.8 Å². The number of hydrogen-bond acceptors (Lipinski definition) is 0. The molecular formula is C10H16. The summed E-state index contributed by atoms with van der Waals surface area (Å²) in [6.45, 7) is 4.38. The van der Waals surface area contributed by atoms with Crippen molar-refractivity contribution in [2.75, 3.05) is 0 Å². The Kier molecular flexibility index (Phi) is 2.73. The first-order valence-electron chi connectivity index (χ1n) is 4.16. The fourth-order valence-electron chi connectivity index (χ4n) is 1.51. The Hall–Kier alpha value is -0.520. The molecule has 0 N–H and O–H groups in total. The van der Waals surface area contributed by atoms with Gasteiger partial charge in [0, 0.05) is 0 Å². The summed E-state index contributed by atoms with van der Waals surface area (Å²) in [5.74, 6) is 0.806. The van der Waals surface area contributed by atoms with Crippen molar-refractivity contribution in [3.05, 3.63) is 23.8 Å². The van der Waals surface area contributed by atoms with Crippen molar-refractivity contribution in [2.45, 2.75) is 33.1 Å². The lowest BCUT2D eigenvalue weighted by atomic mass is 9.92. The molecule has 1 rings (SSSR count). The van der Waals surface area contributed by atoms with E-state index in [0.717, 1.165) is 5.92 Å². The molecule has 1 aliphatic rings. The number of rotatable bonds is 1. The van der Waals surface area contributed by atoms with Crippen LogP contribution in [0, 0.1) is 5.92 Å². The molecule has 0 aliphatic heterocycles. The second-order valence-electron chi connectivity index (χ2n) is 3.11. The third-order valence-electron chi connectivity index (χ3n) is 2.00. The van der Waals surface area contributed by atoms with Gasteiger partial charge in [-0.25, -0.2) is 0 Å². The Balaban J connectivity index is 2.57. The third kappa shape index (κ3) is 2.02. The van der Waals surface area contributed by atoms with Gasteiger partial charge in [-0.15, -0.1) is 0 Å². The van der Waals surface area contributed by atoms with Crippen LogP contribution in [0.3, 0.4) is 0 Å². The van der Waals surface area contributed by atoms with Crippen molar-refractivity contribution in [1.82, 2.24) is 0 Å². The summed E-state index contributed by atoms with van der Waals surface area (Å²) in [5, 5.41) is 0. The number of allylic oxidation sites excluding steroid dienone is 4. The van der Waals surface area contributed by atoms with Crippen molar-refractivity contribution in [3.8, 4) is 0 Å². The molecule has 0 saturated carbocycles. The minimum Gasteiger partial charge on any atom is -0.0874 e. The minimum absolute atomic E-state index is 0.806. The van der Waals surface area contributed by atoms with Crippen LogP contribution < -0.4 is 0 Å². The van der Waals surface area contributed by atoms with Gasteiger partial charge in [0.25, 0.3) is 0 Å². The highest BCUT2D eigenvalue weighted by Gasteiger charge is 2.05. The molecule has 0 heterocycles. The Morgan fingerprint density at radius 3 is 3.00 bits per heavy atom. The van der Waals surface area contributed by atoms with E-state index in [4.69, 9.17) is 0 Å². The molecule has 0 amide bonds. The predicted octanol–water partition coefficient (Wildman–Crippen LogP) is 3.31. The summed E-state index contributed by atoms with van der Waals surface area (Å²) in [6.07, 6.45) is 10.8. The van der Waals surface area contributed by atoms with Gasteiger partial charge in [0.05, 0.1) is 0 Å². The zero-order chi connectivity index (χ0) is 7.40. The van der Waals surface area contributed by atoms with Gasteiger partial charge in [0.2, 0.25) is 0 Å². The lowest BCUT2D eigenvalue weighted by molar-refractivity contribution is 0.574. The summed E-state index contributed by atoms with van der Waals surface area (Å²) in [6, 6.07) is 0. The SMILES string of the molecule is CC=CC1=CC(C)CCC1. The molecule has 0 spiro atoms. The molecule has 10 heavy (non-hydrogen) atoms. The van der Waals surface area contributed by atoms with E-state index in [0.29, 0.717) is 0 Å². The van der Waals surface area contributed by atoms with Gasteiger partial charge in [-0.05, 0) is 32.1 Å². The predicted molar refractivity (Wildman–Crippen MR) is 45.9 cm³/mol. The van der Waals surface area contributed by atoms with Gasteiger partial charge in [0.15, 0.2) is 0 Å². The summed E-state index contributed by atoms with van der Waals surface area (Å²) in [4.78, 5) is 0. The highest BCUT2D eigenvalue weighted by atomic mass is 14.1. The first-order valence-corrected chi connectivity index (χ1v) is 4.16. The van der Waals surface area contributed by atoms with E-state index in [2.05, 4.69) is 32.1 Å². The molecule has 0 nitrogen and oxygen atoms in total. The van der Waals surface area contributed by atoms with Crippen LogP contribution in [-0.4, -0.2) is 0 Å². The fraction of sp³-hybridized carbons (Fsp3) is 0.600. The lowest BCUT2D eigenvalue weighted by Crippen LogP contribution is -1.98.